The summed E-state index contributed by atoms with van der Waals surface area (Å²) in [6.45, 7) is 6.84. The Morgan fingerprint density at radius 2 is 1.14 bits per heavy atom. The Labute approximate surface area is 247 Å². The number of hydrogen-bond donors (Lipinski definition) is 0. The van der Waals surface area contributed by atoms with E-state index in [0.29, 0.717) is 30.9 Å². The highest BCUT2D eigenvalue weighted by molar-refractivity contribution is 5.95. The third-order valence-electron chi connectivity index (χ3n) is 5.48. The predicted molar refractivity (Wildman–Crippen MR) is 152 cm³/mol. The summed E-state index contributed by atoms with van der Waals surface area (Å²) in [7, 11) is 0. The highest BCUT2D eigenvalue weighted by atomic mass is 19.1. The van der Waals surface area contributed by atoms with Gasteiger partial charge in [0.25, 0.3) is 0 Å². The van der Waals surface area contributed by atoms with E-state index in [1.165, 1.54) is 42.5 Å². The Morgan fingerprint density at radius 3 is 1.72 bits per heavy atom. The molecule has 0 aliphatic carbocycles. The second-order valence-electron chi connectivity index (χ2n) is 8.86. The lowest BCUT2D eigenvalue weighted by Crippen LogP contribution is -2.15. The van der Waals surface area contributed by atoms with Gasteiger partial charge < -0.3 is 28.4 Å². The molecule has 3 aromatic rings. The topological polar surface area (TPSA) is 124 Å². The molecule has 0 aliphatic heterocycles. The lowest BCUT2D eigenvalue weighted by Gasteiger charge is -2.13. The second kappa shape index (κ2) is 16.3. The Morgan fingerprint density at radius 1 is 0.628 bits per heavy atom. The largest absolute Gasteiger partial charge is 0.494 e. The van der Waals surface area contributed by atoms with Gasteiger partial charge in [0.2, 0.25) is 5.83 Å². The van der Waals surface area contributed by atoms with Gasteiger partial charge in [-0.25, -0.2) is 19.2 Å². The van der Waals surface area contributed by atoms with Crippen molar-refractivity contribution in [3.05, 3.63) is 95.8 Å². The van der Waals surface area contributed by atoms with E-state index in [4.69, 9.17) is 23.7 Å². The molecule has 0 fully saturated rings. The Bertz CT molecular complexity index is 1430. The van der Waals surface area contributed by atoms with Gasteiger partial charge in [0, 0.05) is 0 Å². The van der Waals surface area contributed by atoms with Crippen molar-refractivity contribution < 1.29 is 52.0 Å². The van der Waals surface area contributed by atoms with E-state index in [0.717, 1.165) is 6.42 Å². The molecule has 0 bridgehead atoms. The van der Waals surface area contributed by atoms with Gasteiger partial charge in [-0.2, -0.15) is 4.39 Å². The van der Waals surface area contributed by atoms with Crippen molar-refractivity contribution in [2.45, 2.75) is 26.7 Å². The molecule has 0 saturated heterocycles. The van der Waals surface area contributed by atoms with E-state index in [2.05, 4.69) is 11.3 Å². The molecule has 0 unspecified atom stereocenters. The zero-order valence-electron chi connectivity index (χ0n) is 23.8. The Balaban J connectivity index is 1.62. The number of ether oxygens (including phenoxy) is 6. The van der Waals surface area contributed by atoms with Crippen LogP contribution in [0.1, 0.15) is 57.8 Å². The number of esters is 4. The summed E-state index contributed by atoms with van der Waals surface area (Å²) in [4.78, 5) is 49.0. The minimum absolute atomic E-state index is 0.0304. The molecule has 0 aliphatic rings. The molecular formula is C32H31FO10. The molecule has 0 amide bonds. The van der Waals surface area contributed by atoms with Crippen LogP contribution in [-0.4, -0.2) is 50.3 Å². The van der Waals surface area contributed by atoms with Crippen LogP contribution in [0.2, 0.25) is 0 Å². The number of hydrogen-bond acceptors (Lipinski definition) is 10. The number of halogens is 1. The summed E-state index contributed by atoms with van der Waals surface area (Å²) >= 11 is 0. The van der Waals surface area contributed by atoms with Gasteiger partial charge in [0.1, 0.15) is 41.8 Å². The average Bonchev–Trinajstić information content (AvgIpc) is 3.01. The molecule has 0 heterocycles. The predicted octanol–water partition coefficient (Wildman–Crippen LogP) is 5.89. The minimum Gasteiger partial charge on any atom is -0.494 e. The summed E-state index contributed by atoms with van der Waals surface area (Å²) in [5.74, 6) is -3.59. The number of benzene rings is 3. The first-order chi connectivity index (χ1) is 20.7. The zero-order chi connectivity index (χ0) is 31.2. The molecule has 11 heteroatoms. The van der Waals surface area contributed by atoms with Crippen LogP contribution in [0.3, 0.4) is 0 Å². The summed E-state index contributed by atoms with van der Waals surface area (Å²) in [5, 5.41) is 0. The van der Waals surface area contributed by atoms with Gasteiger partial charge in [-0.3, -0.25) is 0 Å². The van der Waals surface area contributed by atoms with Crippen LogP contribution < -0.4 is 18.9 Å². The average molecular weight is 595 g/mol. The first kappa shape index (κ1) is 32.3. The summed E-state index contributed by atoms with van der Waals surface area (Å²) < 4.78 is 44.2. The van der Waals surface area contributed by atoms with Crippen LogP contribution in [0.4, 0.5) is 4.39 Å². The third-order valence-corrected chi connectivity index (χ3v) is 5.48. The van der Waals surface area contributed by atoms with Crippen LogP contribution in [0, 0.1) is 0 Å². The fraction of sp³-hybridized carbons (Fsp3) is 0.250. The fourth-order valence-corrected chi connectivity index (χ4v) is 3.39. The SMILES string of the molecule is C=C(F)C(=O)OCCOC(=O)c1cc(OC(=O)c2ccc(OC(=O)c3ccc(OCCC)cc3)cc2)ccc1OCCC. The molecule has 3 rings (SSSR count). The quantitative estimate of drug-likeness (QED) is 0.0911. The van der Waals surface area contributed by atoms with Crippen molar-refractivity contribution in [2.75, 3.05) is 26.4 Å². The van der Waals surface area contributed by atoms with Crippen LogP contribution >= 0.6 is 0 Å². The van der Waals surface area contributed by atoms with Gasteiger partial charge in [0.05, 0.1) is 24.3 Å². The molecular weight excluding hydrogens is 563 g/mol. The second-order valence-corrected chi connectivity index (χ2v) is 8.86. The van der Waals surface area contributed by atoms with Gasteiger partial charge >= 0.3 is 23.9 Å². The first-order valence-electron chi connectivity index (χ1n) is 13.4. The standard InChI is InChI=1S/C32H31FO10/c1-4-16-38-24-10-6-22(7-11-24)30(35)42-25-12-8-23(9-13-25)31(36)43-26-14-15-28(39-17-5-2)27(20-26)32(37)41-19-18-40-29(34)21(3)33/h6-15,20H,3-5,16-19H2,1-2H3. The van der Waals surface area contributed by atoms with Crippen LogP contribution in [0.15, 0.2) is 79.1 Å². The van der Waals surface area contributed by atoms with Crippen molar-refractivity contribution in [3.8, 4) is 23.0 Å². The van der Waals surface area contributed by atoms with Gasteiger partial charge in [0.15, 0.2) is 0 Å². The monoisotopic (exact) mass is 594 g/mol. The van der Waals surface area contributed by atoms with Gasteiger partial charge in [-0.05, 0) is 79.6 Å². The Hall–Kier alpha value is -5.19. The maximum absolute atomic E-state index is 12.8. The highest BCUT2D eigenvalue weighted by Crippen LogP contribution is 2.26. The number of rotatable bonds is 15. The fourth-order valence-electron chi connectivity index (χ4n) is 3.39. The maximum Gasteiger partial charge on any atom is 0.366 e. The lowest BCUT2D eigenvalue weighted by atomic mass is 10.2. The molecule has 226 valence electrons. The van der Waals surface area contributed by atoms with Crippen molar-refractivity contribution in [2.24, 2.45) is 0 Å². The highest BCUT2D eigenvalue weighted by Gasteiger charge is 2.19. The molecule has 0 spiro atoms. The van der Waals surface area contributed by atoms with Crippen molar-refractivity contribution in [3.63, 3.8) is 0 Å². The van der Waals surface area contributed by atoms with Gasteiger partial charge in [-0.15, -0.1) is 0 Å². The summed E-state index contributed by atoms with van der Waals surface area (Å²) in [5.41, 5.74) is 0.454. The smallest absolute Gasteiger partial charge is 0.366 e. The summed E-state index contributed by atoms with van der Waals surface area (Å²) in [6, 6.07) is 16.5. The lowest BCUT2D eigenvalue weighted by molar-refractivity contribution is -0.141. The Kier molecular flexibility index (Phi) is 12.3. The minimum atomic E-state index is -1.27. The van der Waals surface area contributed by atoms with Crippen molar-refractivity contribution in [1.82, 2.24) is 0 Å². The van der Waals surface area contributed by atoms with Gasteiger partial charge in [-0.1, -0.05) is 20.4 Å². The van der Waals surface area contributed by atoms with E-state index in [9.17, 15) is 23.6 Å². The maximum atomic E-state index is 12.8. The van der Waals surface area contributed by atoms with Crippen LogP contribution in [0.25, 0.3) is 0 Å². The molecule has 0 N–H and O–H groups in total. The molecule has 0 saturated carbocycles. The van der Waals surface area contributed by atoms with E-state index in [1.54, 1.807) is 24.3 Å². The molecule has 3 aromatic carbocycles. The molecule has 43 heavy (non-hydrogen) atoms. The normalized spacial score (nSPS) is 10.3. The summed E-state index contributed by atoms with van der Waals surface area (Å²) in [6.07, 6.45) is 1.53. The molecule has 0 radical (unpaired) electrons. The number of carbonyl (C=O) groups is 4. The van der Waals surface area contributed by atoms with E-state index < -0.39 is 29.7 Å². The van der Waals surface area contributed by atoms with Crippen LogP contribution in [-0.2, 0) is 14.3 Å². The van der Waals surface area contributed by atoms with E-state index in [-0.39, 0.29) is 41.6 Å². The first-order valence-corrected chi connectivity index (χ1v) is 13.4. The number of carbonyl (C=O) groups excluding carboxylic acids is 4. The van der Waals surface area contributed by atoms with Crippen molar-refractivity contribution in [1.29, 1.82) is 0 Å². The molecule has 0 aromatic heterocycles. The zero-order valence-corrected chi connectivity index (χ0v) is 23.8. The van der Waals surface area contributed by atoms with E-state index in [1.807, 2.05) is 13.8 Å². The molecule has 10 nitrogen and oxygen atoms in total. The van der Waals surface area contributed by atoms with Crippen LogP contribution in [0.5, 0.6) is 23.0 Å². The van der Waals surface area contributed by atoms with Crippen molar-refractivity contribution >= 4 is 23.9 Å². The molecule has 0 atom stereocenters. The van der Waals surface area contributed by atoms with E-state index >= 15 is 0 Å². The third kappa shape index (κ3) is 9.99.